The quantitative estimate of drug-likeness (QED) is 0.300. The number of amides is 4. The van der Waals surface area contributed by atoms with E-state index < -0.39 is 68.4 Å². The number of carbonyl (C=O) groups excluding carboxylic acids is 4. The molecule has 7 rings (SSSR count). The summed E-state index contributed by atoms with van der Waals surface area (Å²) in [6, 6.07) is 6.89. The van der Waals surface area contributed by atoms with Crippen molar-refractivity contribution in [2.24, 2.45) is 5.92 Å². The highest BCUT2D eigenvalue weighted by Gasteiger charge is 2.62. The molecule has 2 saturated carbocycles. The lowest BCUT2D eigenvalue weighted by molar-refractivity contribution is -0.140. The van der Waals surface area contributed by atoms with Gasteiger partial charge in [-0.25, -0.2) is 17.9 Å². The van der Waals surface area contributed by atoms with Crippen LogP contribution in [0, 0.1) is 5.92 Å². The Bertz CT molecular complexity index is 2090. The second kappa shape index (κ2) is 15.8. The number of thioether (sulfide) groups is 1. The summed E-state index contributed by atoms with van der Waals surface area (Å²) in [6.45, 7) is 5.14. The zero-order chi connectivity index (χ0) is 39.8. The fraction of sp³-hybridized carbons (Fsp3) is 0.579. The number of rotatable bonds is 8. The molecule has 4 aliphatic rings. The van der Waals surface area contributed by atoms with Gasteiger partial charge in [-0.15, -0.1) is 0 Å². The largest absolute Gasteiger partial charge is 0.497 e. The Morgan fingerprint density at radius 2 is 1.89 bits per heavy atom. The highest BCUT2D eigenvalue weighted by Crippen LogP contribution is 2.48. The fourth-order valence-electron chi connectivity index (χ4n) is 7.41. The lowest BCUT2D eigenvalue weighted by atomic mass is 10.1. The Balaban J connectivity index is 1.22. The number of carbonyl (C=O) groups is 4. The minimum Gasteiger partial charge on any atom is -0.497 e. The molecule has 3 aromatic rings. The second-order valence-electron chi connectivity index (χ2n) is 16.0. The first kappa shape index (κ1) is 39.6. The summed E-state index contributed by atoms with van der Waals surface area (Å²) in [5, 5.41) is 10.8. The monoisotopic (exact) mass is 811 g/mol. The lowest BCUT2D eigenvalue weighted by Gasteiger charge is -2.30. The van der Waals surface area contributed by atoms with Gasteiger partial charge in [-0.2, -0.15) is 21.8 Å². The number of methoxy groups -OCH3 is 1. The van der Waals surface area contributed by atoms with Crippen LogP contribution in [0.2, 0.25) is 0 Å². The molecule has 4 heterocycles. The maximum Gasteiger partial charge on any atom is 0.408 e. The first-order valence-electron chi connectivity index (χ1n) is 19.1. The summed E-state index contributed by atoms with van der Waals surface area (Å²) in [5.41, 5.74) is -2.26. The number of pyridine rings is 1. The molecular weight excluding hydrogens is 763 g/mol. The zero-order valence-corrected chi connectivity index (χ0v) is 33.6. The molecule has 4 fully saturated rings. The van der Waals surface area contributed by atoms with Crippen molar-refractivity contribution in [1.82, 2.24) is 35.0 Å². The summed E-state index contributed by atoms with van der Waals surface area (Å²) in [4.78, 5) is 62.1. The van der Waals surface area contributed by atoms with Crippen LogP contribution in [-0.2, 0) is 29.1 Å². The van der Waals surface area contributed by atoms with Gasteiger partial charge in [-0.05, 0) is 100 Å². The molecule has 302 valence electrons. The number of ether oxygens (including phenoxy) is 3. The van der Waals surface area contributed by atoms with E-state index in [1.807, 2.05) is 18.2 Å². The first-order valence-corrected chi connectivity index (χ1v) is 21.8. The van der Waals surface area contributed by atoms with Gasteiger partial charge in [0.2, 0.25) is 27.7 Å². The highest BCUT2D eigenvalue weighted by molar-refractivity contribution is 7.99. The Morgan fingerprint density at radius 3 is 2.61 bits per heavy atom. The molecule has 16 nitrogen and oxygen atoms in total. The molecule has 0 unspecified atom stereocenters. The van der Waals surface area contributed by atoms with Gasteiger partial charge in [0.05, 0.1) is 18.9 Å². The maximum absolute atomic E-state index is 14.6. The Morgan fingerprint density at radius 1 is 1.09 bits per heavy atom. The van der Waals surface area contributed by atoms with E-state index in [2.05, 4.69) is 20.5 Å². The molecule has 0 radical (unpaired) electrons. The van der Waals surface area contributed by atoms with Gasteiger partial charge in [0.25, 0.3) is 5.91 Å². The SMILES string of the molecule is COc1ccc2c(O[C@@H]3C[C@H]4C(=O)N[C@]5(C(=O)NS(=O)(=O)C6CC6)C[C@H]5CCCCCSC[C@H](NC(=O)OC(C)(C)C)C(=O)N4C3)nc(-n3cccn3)cc2c1. The van der Waals surface area contributed by atoms with Crippen LogP contribution in [0.1, 0.15) is 72.1 Å². The van der Waals surface area contributed by atoms with Crippen LogP contribution in [0.15, 0.2) is 42.7 Å². The van der Waals surface area contributed by atoms with E-state index in [0.29, 0.717) is 36.2 Å². The van der Waals surface area contributed by atoms with E-state index in [0.717, 1.165) is 30.4 Å². The van der Waals surface area contributed by atoms with Crippen molar-refractivity contribution in [3.63, 3.8) is 0 Å². The van der Waals surface area contributed by atoms with Crippen molar-refractivity contribution in [3.05, 3.63) is 42.7 Å². The number of alkyl carbamates (subject to hydrolysis) is 1. The molecule has 1 aromatic carbocycles. The minimum atomic E-state index is -3.89. The molecule has 0 bridgehead atoms. The smallest absolute Gasteiger partial charge is 0.408 e. The average molecular weight is 812 g/mol. The summed E-state index contributed by atoms with van der Waals surface area (Å²) in [7, 11) is -2.31. The Hall–Kier alpha value is -4.58. The first-order chi connectivity index (χ1) is 26.7. The van der Waals surface area contributed by atoms with Crippen LogP contribution in [-0.4, -0.2) is 112 Å². The van der Waals surface area contributed by atoms with E-state index in [-0.39, 0.29) is 36.9 Å². The van der Waals surface area contributed by atoms with E-state index >= 15 is 0 Å². The molecule has 5 atom stereocenters. The summed E-state index contributed by atoms with van der Waals surface area (Å²) in [5.74, 6) is 0.154. The van der Waals surface area contributed by atoms with Crippen LogP contribution in [0.5, 0.6) is 11.6 Å². The van der Waals surface area contributed by atoms with E-state index in [4.69, 9.17) is 19.2 Å². The van der Waals surface area contributed by atoms with Crippen LogP contribution >= 0.6 is 11.8 Å². The van der Waals surface area contributed by atoms with Gasteiger partial charge in [0.15, 0.2) is 5.82 Å². The minimum absolute atomic E-state index is 0.0257. The summed E-state index contributed by atoms with van der Waals surface area (Å²) >= 11 is 1.52. The van der Waals surface area contributed by atoms with Crippen molar-refractivity contribution >= 4 is 56.4 Å². The number of benzene rings is 1. The predicted octanol–water partition coefficient (Wildman–Crippen LogP) is 3.46. The third kappa shape index (κ3) is 8.85. The predicted molar refractivity (Wildman–Crippen MR) is 208 cm³/mol. The molecule has 3 N–H and O–H groups in total. The molecule has 4 amide bonds. The lowest BCUT2D eigenvalue weighted by Crippen LogP contribution is -2.58. The Labute approximate surface area is 330 Å². The fourth-order valence-corrected chi connectivity index (χ4v) is 9.81. The maximum atomic E-state index is 14.6. The molecule has 18 heteroatoms. The van der Waals surface area contributed by atoms with Crippen molar-refractivity contribution < 1.29 is 41.8 Å². The number of sulfonamides is 1. The van der Waals surface area contributed by atoms with Crippen molar-refractivity contribution in [3.8, 4) is 17.4 Å². The number of nitrogens with zero attached hydrogens (tertiary/aromatic N) is 4. The topological polar surface area (TPSA) is 200 Å². The number of nitrogens with one attached hydrogen (secondary N) is 3. The molecular formula is C38H49N7O9S2. The van der Waals surface area contributed by atoms with Crippen molar-refractivity contribution in [2.45, 2.75) is 107 Å². The Kier molecular flexibility index (Phi) is 11.2. The zero-order valence-electron chi connectivity index (χ0n) is 32.0. The van der Waals surface area contributed by atoms with Crippen LogP contribution in [0.25, 0.3) is 16.6 Å². The van der Waals surface area contributed by atoms with Crippen LogP contribution in [0.3, 0.4) is 0 Å². The second-order valence-corrected chi connectivity index (χ2v) is 19.1. The van der Waals surface area contributed by atoms with Crippen LogP contribution < -0.4 is 24.8 Å². The normalized spacial score (nSPS) is 26.2. The standard InChI is InChI=1S/C38H49N7O9S2/c1-37(2,3)54-36(49)40-29-22-55-16-7-5-6-9-24-20-38(24,35(48)43-56(50,51)27-11-12-27)42-32(46)30-19-26(21-44(30)34(29)47)53-33-28-13-10-25(52-4)17-23(28)18-31(41-33)45-15-8-14-39-45/h8,10,13-15,17-18,24,26-27,29-30H,5-7,9,11-12,16,19-22H2,1-4H3,(H,40,49)(H,42,46)(H,43,48)/t24-,26-,29+,30+,38-/m1/s1. The number of hydrogen-bond acceptors (Lipinski definition) is 12. The third-order valence-electron chi connectivity index (χ3n) is 10.5. The van der Waals surface area contributed by atoms with Gasteiger partial charge < -0.3 is 29.7 Å². The summed E-state index contributed by atoms with van der Waals surface area (Å²) < 4.78 is 47.2. The van der Waals surface area contributed by atoms with Gasteiger partial charge in [-0.1, -0.05) is 12.8 Å². The molecule has 56 heavy (non-hydrogen) atoms. The highest BCUT2D eigenvalue weighted by atomic mass is 32.2. The van der Waals surface area contributed by atoms with Gasteiger partial charge in [0, 0.05) is 30.0 Å². The van der Waals surface area contributed by atoms with Crippen molar-refractivity contribution in [1.29, 1.82) is 0 Å². The van der Waals surface area contributed by atoms with E-state index in [1.165, 1.54) is 16.7 Å². The summed E-state index contributed by atoms with van der Waals surface area (Å²) in [6.07, 6.45) is 6.20. The van der Waals surface area contributed by atoms with E-state index in [9.17, 15) is 27.6 Å². The molecule has 2 aliphatic carbocycles. The average Bonchev–Trinajstić information content (AvgIpc) is 4.00. The molecule has 2 aliphatic heterocycles. The number of aromatic nitrogens is 3. The molecule has 2 aromatic heterocycles. The van der Waals surface area contributed by atoms with Gasteiger partial charge >= 0.3 is 6.09 Å². The molecule has 0 spiro atoms. The van der Waals surface area contributed by atoms with E-state index in [1.54, 1.807) is 57.1 Å². The number of fused-ring (bicyclic) bond motifs is 3. The third-order valence-corrected chi connectivity index (χ3v) is 13.5. The van der Waals surface area contributed by atoms with Gasteiger partial charge in [-0.3, -0.25) is 19.1 Å². The van der Waals surface area contributed by atoms with Crippen LogP contribution in [0.4, 0.5) is 4.79 Å². The molecule has 2 saturated heterocycles. The van der Waals surface area contributed by atoms with Crippen molar-refractivity contribution in [2.75, 3.05) is 25.2 Å². The number of hydrogen-bond donors (Lipinski definition) is 3. The van der Waals surface area contributed by atoms with Gasteiger partial charge in [0.1, 0.15) is 35.1 Å².